The number of nitrogens with two attached hydrogens (primary N) is 1. The minimum atomic E-state index is -0.119. The summed E-state index contributed by atoms with van der Waals surface area (Å²) in [4.78, 5) is 12.1. The fourth-order valence-corrected chi connectivity index (χ4v) is 2.59. The Kier molecular flexibility index (Phi) is 4.30. The first-order valence-corrected chi connectivity index (χ1v) is 7.49. The molecular formula is C13H21BrN4O. The van der Waals surface area contributed by atoms with E-state index in [4.69, 9.17) is 5.73 Å². The average Bonchev–Trinajstić information content (AvgIpc) is 2.31. The second-order valence-corrected chi connectivity index (χ2v) is 6.62. The van der Waals surface area contributed by atoms with Crippen LogP contribution in [0.4, 0.5) is 5.69 Å². The zero-order valence-corrected chi connectivity index (χ0v) is 13.0. The predicted octanol–water partition coefficient (Wildman–Crippen LogP) is 1.96. The minimum Gasteiger partial charge on any atom is -0.381 e. The Bertz CT molecular complexity index is 508. The summed E-state index contributed by atoms with van der Waals surface area (Å²) in [7, 11) is 0. The van der Waals surface area contributed by atoms with Crippen molar-refractivity contribution in [2.75, 3.05) is 11.9 Å². The molecule has 1 aliphatic carbocycles. The number of rotatable bonds is 5. The van der Waals surface area contributed by atoms with Crippen molar-refractivity contribution in [1.29, 1.82) is 0 Å². The highest BCUT2D eigenvalue weighted by molar-refractivity contribution is 9.10. The van der Waals surface area contributed by atoms with Gasteiger partial charge in [-0.15, -0.1) is 0 Å². The third kappa shape index (κ3) is 3.36. The molecule has 0 radical (unpaired) electrons. The lowest BCUT2D eigenvalue weighted by Crippen LogP contribution is -2.52. The maximum atomic E-state index is 12.1. The highest BCUT2D eigenvalue weighted by Gasteiger charge is 2.32. The number of anilines is 1. The van der Waals surface area contributed by atoms with Crippen LogP contribution in [-0.4, -0.2) is 21.9 Å². The molecule has 0 unspecified atom stereocenters. The quantitative estimate of drug-likeness (QED) is 0.866. The van der Waals surface area contributed by atoms with E-state index in [9.17, 15) is 4.79 Å². The molecule has 6 heteroatoms. The third-order valence-corrected chi connectivity index (χ3v) is 4.27. The summed E-state index contributed by atoms with van der Waals surface area (Å²) in [6.07, 6.45) is 4.95. The van der Waals surface area contributed by atoms with E-state index in [1.54, 1.807) is 6.20 Å². The van der Waals surface area contributed by atoms with Crippen LogP contribution in [0.2, 0.25) is 0 Å². The topological polar surface area (TPSA) is 72.9 Å². The molecule has 0 bridgehead atoms. The predicted molar refractivity (Wildman–Crippen MR) is 80.3 cm³/mol. The number of hydrogen-bond donors (Lipinski definition) is 2. The molecule has 1 aromatic heterocycles. The van der Waals surface area contributed by atoms with E-state index < -0.39 is 0 Å². The third-order valence-electron chi connectivity index (χ3n) is 3.50. The summed E-state index contributed by atoms with van der Waals surface area (Å²) in [6, 6.07) is 0. The van der Waals surface area contributed by atoms with Crippen molar-refractivity contribution in [2.24, 2.45) is 11.7 Å². The molecule has 0 aromatic carbocycles. The molecular weight excluding hydrogens is 308 g/mol. The normalized spacial score (nSPS) is 17.3. The van der Waals surface area contributed by atoms with Gasteiger partial charge >= 0.3 is 0 Å². The molecule has 1 fully saturated rings. The Morgan fingerprint density at radius 1 is 1.58 bits per heavy atom. The van der Waals surface area contributed by atoms with Gasteiger partial charge in [-0.05, 0) is 41.1 Å². The first kappa shape index (κ1) is 14.5. The van der Waals surface area contributed by atoms with Crippen molar-refractivity contribution in [3.05, 3.63) is 21.0 Å². The first-order valence-electron chi connectivity index (χ1n) is 6.70. The maximum Gasteiger partial charge on any atom is 0.283 e. The summed E-state index contributed by atoms with van der Waals surface area (Å²) >= 11 is 3.35. The van der Waals surface area contributed by atoms with Crippen molar-refractivity contribution in [3.63, 3.8) is 0 Å². The van der Waals surface area contributed by atoms with E-state index in [0.29, 0.717) is 23.5 Å². The molecule has 0 saturated heterocycles. The Labute approximate surface area is 121 Å². The van der Waals surface area contributed by atoms with Crippen LogP contribution >= 0.6 is 15.9 Å². The van der Waals surface area contributed by atoms with Gasteiger partial charge in [0.25, 0.3) is 5.56 Å². The SMILES string of the molecule is CC(C)Cn1ncc(NCC2(N)CCC2)c(Br)c1=O. The van der Waals surface area contributed by atoms with Crippen molar-refractivity contribution in [1.82, 2.24) is 9.78 Å². The summed E-state index contributed by atoms with van der Waals surface area (Å²) in [5.41, 5.74) is 6.66. The Morgan fingerprint density at radius 3 is 2.79 bits per heavy atom. The fourth-order valence-electron chi connectivity index (χ4n) is 2.14. The van der Waals surface area contributed by atoms with Gasteiger partial charge in [0.2, 0.25) is 0 Å². The van der Waals surface area contributed by atoms with Crippen LogP contribution in [0.3, 0.4) is 0 Å². The van der Waals surface area contributed by atoms with E-state index in [-0.39, 0.29) is 11.1 Å². The number of nitrogens with one attached hydrogen (secondary N) is 1. The van der Waals surface area contributed by atoms with Gasteiger partial charge in [0.05, 0.1) is 11.9 Å². The molecule has 0 atom stereocenters. The van der Waals surface area contributed by atoms with Gasteiger partial charge in [0, 0.05) is 18.6 Å². The minimum absolute atomic E-state index is 0.0987. The first-order chi connectivity index (χ1) is 8.91. The number of hydrogen-bond acceptors (Lipinski definition) is 4. The summed E-state index contributed by atoms with van der Waals surface area (Å²) < 4.78 is 2.02. The van der Waals surface area contributed by atoms with Crippen LogP contribution in [0, 0.1) is 5.92 Å². The number of halogens is 1. The van der Waals surface area contributed by atoms with Crippen LogP contribution in [-0.2, 0) is 6.54 Å². The molecule has 1 aromatic rings. The Hall–Kier alpha value is -0.880. The second kappa shape index (κ2) is 5.63. The Balaban J connectivity index is 2.10. The molecule has 5 nitrogen and oxygen atoms in total. The monoisotopic (exact) mass is 328 g/mol. The average molecular weight is 329 g/mol. The molecule has 1 aliphatic rings. The second-order valence-electron chi connectivity index (χ2n) is 5.82. The van der Waals surface area contributed by atoms with Gasteiger partial charge in [0.1, 0.15) is 4.47 Å². The van der Waals surface area contributed by atoms with Crippen LogP contribution in [0.25, 0.3) is 0 Å². The molecule has 1 heterocycles. The van der Waals surface area contributed by atoms with Crippen molar-refractivity contribution in [2.45, 2.75) is 45.2 Å². The van der Waals surface area contributed by atoms with Gasteiger partial charge in [0.15, 0.2) is 0 Å². The standard InChI is InChI=1S/C13H21BrN4O/c1-9(2)7-18-12(19)11(14)10(6-17-18)16-8-13(15)4-3-5-13/h6,9,16H,3-5,7-8,15H2,1-2H3. The fraction of sp³-hybridized carbons (Fsp3) is 0.692. The van der Waals surface area contributed by atoms with Gasteiger partial charge < -0.3 is 11.1 Å². The molecule has 2 rings (SSSR count). The molecule has 0 amide bonds. The van der Waals surface area contributed by atoms with Gasteiger partial charge in [-0.2, -0.15) is 5.10 Å². The molecule has 0 aliphatic heterocycles. The maximum absolute atomic E-state index is 12.1. The summed E-state index contributed by atoms with van der Waals surface area (Å²) in [5.74, 6) is 0.387. The van der Waals surface area contributed by atoms with E-state index >= 15 is 0 Å². The largest absolute Gasteiger partial charge is 0.381 e. The summed E-state index contributed by atoms with van der Waals surface area (Å²) in [6.45, 7) is 5.42. The molecule has 3 N–H and O–H groups in total. The van der Waals surface area contributed by atoms with Gasteiger partial charge in [-0.25, -0.2) is 4.68 Å². The van der Waals surface area contributed by atoms with Crippen LogP contribution in [0.1, 0.15) is 33.1 Å². The van der Waals surface area contributed by atoms with E-state index in [0.717, 1.165) is 18.5 Å². The van der Waals surface area contributed by atoms with E-state index in [2.05, 4.69) is 40.2 Å². The van der Waals surface area contributed by atoms with E-state index in [1.165, 1.54) is 11.1 Å². The van der Waals surface area contributed by atoms with Crippen molar-refractivity contribution >= 4 is 21.6 Å². The van der Waals surface area contributed by atoms with Gasteiger partial charge in [-0.1, -0.05) is 13.8 Å². The van der Waals surface area contributed by atoms with Crippen molar-refractivity contribution in [3.8, 4) is 0 Å². The highest BCUT2D eigenvalue weighted by Crippen LogP contribution is 2.29. The lowest BCUT2D eigenvalue weighted by molar-refractivity contribution is 0.265. The lowest BCUT2D eigenvalue weighted by atomic mass is 9.78. The van der Waals surface area contributed by atoms with Crippen LogP contribution in [0.5, 0.6) is 0 Å². The van der Waals surface area contributed by atoms with E-state index in [1.807, 2.05) is 0 Å². The zero-order chi connectivity index (χ0) is 14.0. The molecule has 0 spiro atoms. The molecule has 1 saturated carbocycles. The molecule has 106 valence electrons. The van der Waals surface area contributed by atoms with Crippen LogP contribution in [0.15, 0.2) is 15.5 Å². The lowest BCUT2D eigenvalue weighted by Gasteiger charge is -2.38. The smallest absolute Gasteiger partial charge is 0.283 e. The zero-order valence-electron chi connectivity index (χ0n) is 11.4. The van der Waals surface area contributed by atoms with Crippen LogP contribution < -0.4 is 16.6 Å². The summed E-state index contributed by atoms with van der Waals surface area (Å²) in [5, 5.41) is 7.42. The highest BCUT2D eigenvalue weighted by atomic mass is 79.9. The number of aromatic nitrogens is 2. The molecule has 19 heavy (non-hydrogen) atoms. The number of nitrogens with zero attached hydrogens (tertiary/aromatic N) is 2. The van der Waals surface area contributed by atoms with Crippen molar-refractivity contribution < 1.29 is 0 Å². The Morgan fingerprint density at radius 2 is 2.26 bits per heavy atom. The van der Waals surface area contributed by atoms with Gasteiger partial charge in [-0.3, -0.25) is 4.79 Å².